The smallest absolute Gasteiger partial charge is 0.306 e. The van der Waals surface area contributed by atoms with Crippen LogP contribution >= 0.6 is 11.6 Å². The minimum absolute atomic E-state index is 0.115. The molecule has 0 saturated carbocycles. The first-order valence-corrected chi connectivity index (χ1v) is 6.50. The Bertz CT molecular complexity index is 333. The molecule has 1 rings (SSSR count). The van der Waals surface area contributed by atoms with E-state index in [-0.39, 0.29) is 5.97 Å². The first-order chi connectivity index (χ1) is 8.22. The van der Waals surface area contributed by atoms with E-state index in [1.165, 1.54) is 12.8 Å². The van der Waals surface area contributed by atoms with Crippen LogP contribution in [0.2, 0.25) is 5.02 Å². The molecular weight excluding hydrogens is 236 g/mol. The summed E-state index contributed by atoms with van der Waals surface area (Å²) in [5.74, 6) is -0.115. The van der Waals surface area contributed by atoms with Gasteiger partial charge in [-0.3, -0.25) is 4.79 Å². The Kier molecular flexibility index (Phi) is 6.71. The largest absolute Gasteiger partial charge is 0.461 e. The van der Waals surface area contributed by atoms with Gasteiger partial charge in [0.2, 0.25) is 0 Å². The van der Waals surface area contributed by atoms with E-state index in [1.54, 1.807) is 12.1 Å². The maximum Gasteiger partial charge on any atom is 0.306 e. The van der Waals surface area contributed by atoms with E-state index >= 15 is 0 Å². The van der Waals surface area contributed by atoms with E-state index in [4.69, 9.17) is 16.3 Å². The van der Waals surface area contributed by atoms with E-state index in [2.05, 4.69) is 6.92 Å². The summed E-state index contributed by atoms with van der Waals surface area (Å²) >= 11 is 5.76. The summed E-state index contributed by atoms with van der Waals surface area (Å²) in [6, 6.07) is 7.33. The minimum atomic E-state index is -0.115. The Morgan fingerprint density at radius 2 is 1.88 bits per heavy atom. The zero-order chi connectivity index (χ0) is 12.5. The molecule has 1 aromatic rings. The fourth-order valence-corrected chi connectivity index (χ4v) is 1.64. The van der Waals surface area contributed by atoms with Gasteiger partial charge in [-0.05, 0) is 24.1 Å². The van der Waals surface area contributed by atoms with Crippen molar-refractivity contribution >= 4 is 17.6 Å². The monoisotopic (exact) mass is 254 g/mol. The van der Waals surface area contributed by atoms with Crippen LogP contribution in [0.3, 0.4) is 0 Å². The molecule has 0 bridgehead atoms. The number of esters is 1. The molecule has 0 aromatic heterocycles. The van der Waals surface area contributed by atoms with Gasteiger partial charge in [-0.1, -0.05) is 49.9 Å². The molecule has 0 N–H and O–H groups in total. The molecule has 0 fully saturated rings. The first kappa shape index (κ1) is 14.0. The summed E-state index contributed by atoms with van der Waals surface area (Å²) in [7, 11) is 0. The lowest BCUT2D eigenvalue weighted by Crippen LogP contribution is -2.04. The summed E-state index contributed by atoms with van der Waals surface area (Å²) in [6.45, 7) is 2.49. The van der Waals surface area contributed by atoms with Gasteiger partial charge in [0.1, 0.15) is 6.61 Å². The number of carbonyl (C=O) groups excluding carboxylic acids is 1. The number of benzene rings is 1. The van der Waals surface area contributed by atoms with Gasteiger partial charge in [-0.2, -0.15) is 0 Å². The highest BCUT2D eigenvalue weighted by Crippen LogP contribution is 2.11. The van der Waals surface area contributed by atoms with Gasteiger partial charge in [0.15, 0.2) is 0 Å². The second-order valence-corrected chi connectivity index (χ2v) is 4.53. The molecule has 2 nitrogen and oxygen atoms in total. The van der Waals surface area contributed by atoms with Crippen molar-refractivity contribution in [2.24, 2.45) is 0 Å². The average Bonchev–Trinajstić information content (AvgIpc) is 2.34. The predicted octanol–water partition coefficient (Wildman–Crippen LogP) is 4.35. The van der Waals surface area contributed by atoms with E-state index in [0.717, 1.165) is 18.4 Å². The topological polar surface area (TPSA) is 26.3 Å². The van der Waals surface area contributed by atoms with Crippen molar-refractivity contribution in [1.82, 2.24) is 0 Å². The lowest BCUT2D eigenvalue weighted by molar-refractivity contribution is -0.145. The normalized spacial score (nSPS) is 10.2. The molecule has 3 heteroatoms. The number of unbranched alkanes of at least 4 members (excludes halogenated alkanes) is 3. The van der Waals surface area contributed by atoms with Crippen LogP contribution in [0.15, 0.2) is 24.3 Å². The van der Waals surface area contributed by atoms with Gasteiger partial charge in [-0.25, -0.2) is 0 Å². The average molecular weight is 255 g/mol. The van der Waals surface area contributed by atoms with Crippen molar-refractivity contribution in [2.45, 2.75) is 45.6 Å². The summed E-state index contributed by atoms with van der Waals surface area (Å²) in [4.78, 5) is 11.4. The van der Waals surface area contributed by atoms with Crippen LogP contribution in [-0.2, 0) is 16.1 Å². The van der Waals surface area contributed by atoms with Crippen LogP contribution in [0.5, 0.6) is 0 Å². The van der Waals surface area contributed by atoms with Gasteiger partial charge < -0.3 is 4.74 Å². The highest BCUT2D eigenvalue weighted by molar-refractivity contribution is 6.30. The van der Waals surface area contributed by atoms with Crippen molar-refractivity contribution < 1.29 is 9.53 Å². The molecule has 0 heterocycles. The molecule has 1 aromatic carbocycles. The number of hydrogen-bond acceptors (Lipinski definition) is 2. The van der Waals surface area contributed by atoms with Gasteiger partial charge in [0.25, 0.3) is 0 Å². The lowest BCUT2D eigenvalue weighted by atomic mass is 10.1. The quantitative estimate of drug-likeness (QED) is 0.534. The van der Waals surface area contributed by atoms with Crippen molar-refractivity contribution in [2.75, 3.05) is 0 Å². The van der Waals surface area contributed by atoms with Crippen LogP contribution in [-0.4, -0.2) is 5.97 Å². The summed E-state index contributed by atoms with van der Waals surface area (Å²) in [5, 5.41) is 0.694. The lowest BCUT2D eigenvalue weighted by Gasteiger charge is -2.04. The molecule has 0 atom stereocenters. The Morgan fingerprint density at radius 3 is 2.53 bits per heavy atom. The molecule has 0 saturated heterocycles. The summed E-state index contributed by atoms with van der Waals surface area (Å²) in [5.41, 5.74) is 0.969. The van der Waals surface area contributed by atoms with Crippen LogP contribution in [0.1, 0.15) is 44.6 Å². The SMILES string of the molecule is CCCCCCC(=O)OCc1ccc(Cl)cc1. The van der Waals surface area contributed by atoms with Crippen LogP contribution < -0.4 is 0 Å². The van der Waals surface area contributed by atoms with Gasteiger partial charge in [0.05, 0.1) is 0 Å². The van der Waals surface area contributed by atoms with Crippen molar-refractivity contribution in [1.29, 1.82) is 0 Å². The third-order valence-electron chi connectivity index (χ3n) is 2.55. The first-order valence-electron chi connectivity index (χ1n) is 6.12. The zero-order valence-corrected chi connectivity index (χ0v) is 11.0. The zero-order valence-electron chi connectivity index (χ0n) is 10.2. The molecule has 0 radical (unpaired) electrons. The molecule has 0 unspecified atom stereocenters. The third kappa shape index (κ3) is 6.32. The van der Waals surface area contributed by atoms with E-state index < -0.39 is 0 Å². The van der Waals surface area contributed by atoms with Crippen LogP contribution in [0.25, 0.3) is 0 Å². The second-order valence-electron chi connectivity index (χ2n) is 4.10. The number of ether oxygens (including phenoxy) is 1. The minimum Gasteiger partial charge on any atom is -0.461 e. The van der Waals surface area contributed by atoms with E-state index in [1.807, 2.05) is 12.1 Å². The number of halogens is 1. The Morgan fingerprint density at radius 1 is 1.18 bits per heavy atom. The molecule has 94 valence electrons. The van der Waals surface area contributed by atoms with E-state index in [9.17, 15) is 4.79 Å². The molecular formula is C14H19ClO2. The summed E-state index contributed by atoms with van der Waals surface area (Å²) in [6.07, 6.45) is 4.91. The standard InChI is InChI=1S/C14H19ClO2/c1-2-3-4-5-6-14(16)17-11-12-7-9-13(15)10-8-12/h7-10H,2-6,11H2,1H3. The third-order valence-corrected chi connectivity index (χ3v) is 2.80. The molecule has 0 aliphatic rings. The van der Waals surface area contributed by atoms with E-state index in [0.29, 0.717) is 18.1 Å². The summed E-state index contributed by atoms with van der Waals surface area (Å²) < 4.78 is 5.17. The molecule has 0 aliphatic carbocycles. The highest BCUT2D eigenvalue weighted by atomic mass is 35.5. The van der Waals surface area contributed by atoms with Crippen LogP contribution in [0, 0.1) is 0 Å². The van der Waals surface area contributed by atoms with Gasteiger partial charge in [0, 0.05) is 11.4 Å². The second kappa shape index (κ2) is 8.13. The highest BCUT2D eigenvalue weighted by Gasteiger charge is 2.03. The number of hydrogen-bond donors (Lipinski definition) is 0. The fourth-order valence-electron chi connectivity index (χ4n) is 1.51. The molecule has 17 heavy (non-hydrogen) atoms. The Balaban J connectivity index is 2.17. The predicted molar refractivity (Wildman–Crippen MR) is 70.0 cm³/mol. The van der Waals surface area contributed by atoms with Gasteiger partial charge >= 0.3 is 5.97 Å². The van der Waals surface area contributed by atoms with Crippen molar-refractivity contribution in [3.8, 4) is 0 Å². The van der Waals surface area contributed by atoms with Crippen molar-refractivity contribution in [3.05, 3.63) is 34.9 Å². The van der Waals surface area contributed by atoms with Gasteiger partial charge in [-0.15, -0.1) is 0 Å². The molecule has 0 spiro atoms. The number of carbonyl (C=O) groups is 1. The Hall–Kier alpha value is -1.02. The van der Waals surface area contributed by atoms with Crippen LogP contribution in [0.4, 0.5) is 0 Å². The molecule has 0 amide bonds. The van der Waals surface area contributed by atoms with Crippen molar-refractivity contribution in [3.63, 3.8) is 0 Å². The maximum absolute atomic E-state index is 11.4. The molecule has 0 aliphatic heterocycles. The Labute approximate surface area is 108 Å². The maximum atomic E-state index is 11.4. The fraction of sp³-hybridized carbons (Fsp3) is 0.500. The number of rotatable bonds is 7.